The van der Waals surface area contributed by atoms with E-state index in [1.54, 1.807) is 6.08 Å². The molecule has 10 nitrogen and oxygen atoms in total. The quantitative estimate of drug-likeness (QED) is 0.102. The molecule has 0 bridgehead atoms. The number of aromatic nitrogens is 1. The van der Waals surface area contributed by atoms with E-state index in [1.807, 2.05) is 97.9 Å². The average molecular weight is 635 g/mol. The lowest BCUT2D eigenvalue weighted by molar-refractivity contribution is -0.136. The van der Waals surface area contributed by atoms with Crippen molar-refractivity contribution < 1.29 is 38.8 Å². The molecule has 5 aromatic rings. The molecule has 0 unspecified atom stereocenters. The minimum atomic E-state index is -1.27. The van der Waals surface area contributed by atoms with Crippen molar-refractivity contribution in [1.82, 2.24) is 9.88 Å². The fourth-order valence-corrected chi connectivity index (χ4v) is 5.87. The first kappa shape index (κ1) is 31.4. The highest BCUT2D eigenvalue weighted by Crippen LogP contribution is 2.38. The van der Waals surface area contributed by atoms with E-state index >= 15 is 0 Å². The Labute approximate surface area is 270 Å². The standard InChI is InChI=1S/C37H34N2O8/c1-23(39(37(44)36(43)28(21-40)19-35(41)42)20-24-13-14-25-7-2-3-8-26(25)17-24)29(27-15-16-32-33(18-27)46-22-45-32)9-6-12-34-38-30-10-4-5-11-31(30)47-34/h2-8,10-18,23,29,40,43H,9,19-22H2,1H3,(H,41,42)/b12-6+,36-28?/t23-,29+/m1/s1. The van der Waals surface area contributed by atoms with Gasteiger partial charge in [-0.05, 0) is 71.7 Å². The molecule has 1 aliphatic rings. The number of carbonyl (C=O) groups is 2. The third-order valence-corrected chi connectivity index (χ3v) is 8.38. The van der Waals surface area contributed by atoms with Gasteiger partial charge in [0.15, 0.2) is 22.8 Å². The van der Waals surface area contributed by atoms with Crippen molar-refractivity contribution in [1.29, 1.82) is 0 Å². The highest BCUT2D eigenvalue weighted by atomic mass is 16.7. The number of amides is 1. The second-order valence-corrected chi connectivity index (χ2v) is 11.4. The summed E-state index contributed by atoms with van der Waals surface area (Å²) in [5, 5.41) is 32.3. The summed E-state index contributed by atoms with van der Waals surface area (Å²) in [5.41, 5.74) is 2.81. The van der Waals surface area contributed by atoms with E-state index in [0.29, 0.717) is 29.4 Å². The van der Waals surface area contributed by atoms with Crippen LogP contribution < -0.4 is 9.47 Å². The van der Waals surface area contributed by atoms with Crippen molar-refractivity contribution in [3.05, 3.63) is 119 Å². The van der Waals surface area contributed by atoms with Crippen LogP contribution in [0.2, 0.25) is 0 Å². The van der Waals surface area contributed by atoms with Crippen LogP contribution in [0.4, 0.5) is 0 Å². The molecule has 6 rings (SSSR count). The SMILES string of the molecule is C[C@H]([C@H](C/C=C/c1nc2ccccc2o1)c1ccc2c(c1)OCO2)N(Cc1ccc2ccccc2c1)C(=O)C(O)=C(CO)CC(=O)O. The van der Waals surface area contributed by atoms with Crippen molar-refractivity contribution >= 4 is 39.8 Å². The molecule has 2 heterocycles. The Bertz CT molecular complexity index is 1960. The topological polar surface area (TPSA) is 143 Å². The van der Waals surface area contributed by atoms with Gasteiger partial charge in [0, 0.05) is 24.1 Å². The van der Waals surface area contributed by atoms with Crippen LogP contribution in [-0.2, 0) is 16.1 Å². The van der Waals surface area contributed by atoms with E-state index in [4.69, 9.17) is 13.9 Å². The number of aliphatic carboxylic acids is 1. The molecule has 240 valence electrons. The number of ether oxygens (including phenoxy) is 2. The van der Waals surface area contributed by atoms with Gasteiger partial charge in [-0.1, -0.05) is 60.7 Å². The Morgan fingerprint density at radius 2 is 1.70 bits per heavy atom. The van der Waals surface area contributed by atoms with Gasteiger partial charge in [0.2, 0.25) is 12.7 Å². The van der Waals surface area contributed by atoms with Crippen molar-refractivity contribution in [2.45, 2.75) is 38.3 Å². The number of carboxylic acid groups (broad SMARTS) is 1. The van der Waals surface area contributed by atoms with Crippen molar-refractivity contribution in [3.8, 4) is 11.5 Å². The van der Waals surface area contributed by atoms with Crippen LogP contribution in [0.5, 0.6) is 11.5 Å². The zero-order chi connectivity index (χ0) is 32.9. The Kier molecular flexibility index (Phi) is 9.21. The van der Waals surface area contributed by atoms with Crippen molar-refractivity contribution in [2.24, 2.45) is 0 Å². The predicted octanol–water partition coefficient (Wildman–Crippen LogP) is 6.59. The number of hydrogen-bond donors (Lipinski definition) is 3. The number of allylic oxidation sites excluding steroid dienone is 1. The number of aliphatic hydroxyl groups is 2. The minimum Gasteiger partial charge on any atom is -0.503 e. The van der Waals surface area contributed by atoms with E-state index in [2.05, 4.69) is 4.98 Å². The largest absolute Gasteiger partial charge is 0.503 e. The Hall–Kier alpha value is -5.61. The van der Waals surface area contributed by atoms with Gasteiger partial charge in [0.05, 0.1) is 13.0 Å². The van der Waals surface area contributed by atoms with E-state index in [0.717, 1.165) is 27.4 Å². The van der Waals surface area contributed by atoms with Gasteiger partial charge in [0.1, 0.15) is 5.52 Å². The van der Waals surface area contributed by atoms with Crippen molar-refractivity contribution in [2.75, 3.05) is 13.4 Å². The summed E-state index contributed by atoms with van der Waals surface area (Å²) in [6, 6.07) is 26.3. The average Bonchev–Trinajstić information content (AvgIpc) is 3.73. The molecule has 0 saturated carbocycles. The van der Waals surface area contributed by atoms with Gasteiger partial charge < -0.3 is 34.1 Å². The molecule has 1 aromatic heterocycles. The lowest BCUT2D eigenvalue weighted by Gasteiger charge is -2.35. The molecule has 2 atom stereocenters. The van der Waals surface area contributed by atoms with Crippen molar-refractivity contribution in [3.63, 3.8) is 0 Å². The Balaban J connectivity index is 1.38. The zero-order valence-corrected chi connectivity index (χ0v) is 25.7. The summed E-state index contributed by atoms with van der Waals surface area (Å²) in [4.78, 5) is 31.6. The summed E-state index contributed by atoms with van der Waals surface area (Å²) >= 11 is 0. The monoisotopic (exact) mass is 634 g/mol. The van der Waals surface area contributed by atoms with Gasteiger partial charge in [0.25, 0.3) is 5.91 Å². The van der Waals surface area contributed by atoms with E-state index in [9.17, 15) is 24.9 Å². The molecule has 4 aromatic carbocycles. The molecule has 0 radical (unpaired) electrons. The number of carboxylic acids is 1. The van der Waals surface area contributed by atoms with Crippen LogP contribution in [-0.4, -0.2) is 56.5 Å². The fraction of sp³-hybridized carbons (Fsp3) is 0.216. The van der Waals surface area contributed by atoms with Crippen LogP contribution in [0.15, 0.2) is 107 Å². The smallest absolute Gasteiger partial charge is 0.307 e. The van der Waals surface area contributed by atoms with Gasteiger partial charge in [-0.3, -0.25) is 9.59 Å². The first-order valence-corrected chi connectivity index (χ1v) is 15.2. The van der Waals surface area contributed by atoms with Gasteiger partial charge in [-0.25, -0.2) is 4.98 Å². The summed E-state index contributed by atoms with van der Waals surface area (Å²) in [5.74, 6) is -1.53. The molecule has 10 heteroatoms. The number of rotatable bonds is 12. The highest BCUT2D eigenvalue weighted by molar-refractivity contribution is 5.93. The van der Waals surface area contributed by atoms with Gasteiger partial charge in [-0.2, -0.15) is 0 Å². The molecule has 1 amide bonds. The highest BCUT2D eigenvalue weighted by Gasteiger charge is 2.32. The van der Waals surface area contributed by atoms with E-state index in [-0.39, 0.29) is 24.8 Å². The molecule has 0 fully saturated rings. The van der Waals surface area contributed by atoms with Gasteiger partial charge in [-0.15, -0.1) is 0 Å². The predicted molar refractivity (Wildman–Crippen MR) is 176 cm³/mol. The maximum atomic E-state index is 14.1. The summed E-state index contributed by atoms with van der Waals surface area (Å²) in [7, 11) is 0. The fourth-order valence-electron chi connectivity index (χ4n) is 5.87. The molecule has 0 saturated heterocycles. The van der Waals surface area contributed by atoms with Crippen LogP contribution in [0.3, 0.4) is 0 Å². The normalized spacial score (nSPS) is 14.3. The first-order chi connectivity index (χ1) is 22.8. The number of fused-ring (bicyclic) bond motifs is 3. The van der Waals surface area contributed by atoms with Crippen LogP contribution >= 0.6 is 0 Å². The third kappa shape index (κ3) is 6.97. The summed E-state index contributed by atoms with van der Waals surface area (Å²) in [6.07, 6.45) is 3.48. The molecule has 0 aliphatic carbocycles. The molecular weight excluding hydrogens is 600 g/mol. The van der Waals surface area contributed by atoms with E-state index in [1.165, 1.54) is 4.90 Å². The van der Waals surface area contributed by atoms with Crippen LogP contribution in [0.1, 0.15) is 42.7 Å². The third-order valence-electron chi connectivity index (χ3n) is 8.38. The van der Waals surface area contributed by atoms with Crippen LogP contribution in [0, 0.1) is 0 Å². The minimum absolute atomic E-state index is 0.107. The lowest BCUT2D eigenvalue weighted by atomic mass is 9.87. The molecule has 0 spiro atoms. The number of nitrogens with zero attached hydrogens (tertiary/aromatic N) is 2. The maximum Gasteiger partial charge on any atom is 0.307 e. The van der Waals surface area contributed by atoms with E-state index < -0.39 is 36.7 Å². The number of benzene rings is 4. The first-order valence-electron chi connectivity index (χ1n) is 15.2. The Morgan fingerprint density at radius 1 is 0.936 bits per heavy atom. The number of aliphatic hydroxyl groups excluding tert-OH is 2. The van der Waals surface area contributed by atoms with Crippen LogP contribution in [0.25, 0.3) is 27.9 Å². The lowest BCUT2D eigenvalue weighted by Crippen LogP contribution is -2.42. The summed E-state index contributed by atoms with van der Waals surface area (Å²) < 4.78 is 17.1. The van der Waals surface area contributed by atoms with Gasteiger partial charge >= 0.3 is 5.97 Å². The Morgan fingerprint density at radius 3 is 2.49 bits per heavy atom. The zero-order valence-electron chi connectivity index (χ0n) is 25.7. The number of para-hydroxylation sites is 2. The molecule has 47 heavy (non-hydrogen) atoms. The summed E-state index contributed by atoms with van der Waals surface area (Å²) in [6.45, 7) is 1.32. The maximum absolute atomic E-state index is 14.1. The number of hydrogen-bond acceptors (Lipinski definition) is 8. The molecule has 1 aliphatic heterocycles. The second kappa shape index (κ2) is 13.8. The second-order valence-electron chi connectivity index (χ2n) is 11.4. The molecule has 3 N–H and O–H groups in total. The number of carbonyl (C=O) groups excluding carboxylic acids is 1. The number of oxazole rings is 1. The molecular formula is C37H34N2O8.